The number of morpholine rings is 1. The molecular formula is C20H25ClN2O5S. The van der Waals surface area contributed by atoms with E-state index in [4.69, 9.17) is 38.0 Å². The summed E-state index contributed by atoms with van der Waals surface area (Å²) in [6.45, 7) is 6.11. The Hall–Kier alpha value is -2.16. The minimum Gasteiger partial charge on any atom is -0.464 e. The van der Waals surface area contributed by atoms with E-state index in [9.17, 15) is 9.59 Å². The first-order valence-electron chi connectivity index (χ1n) is 9.40. The fourth-order valence-corrected chi connectivity index (χ4v) is 3.17. The van der Waals surface area contributed by atoms with Crippen molar-refractivity contribution in [2.45, 2.75) is 19.9 Å². The van der Waals surface area contributed by atoms with Crippen LogP contribution in [0, 0.1) is 0 Å². The highest BCUT2D eigenvalue weighted by Crippen LogP contribution is 2.21. The van der Waals surface area contributed by atoms with Crippen LogP contribution in [-0.2, 0) is 23.8 Å². The number of hydrogen-bond acceptors (Lipinski definition) is 7. The molecule has 1 fully saturated rings. The molecule has 2 rings (SSSR count). The van der Waals surface area contributed by atoms with Crippen LogP contribution in [-0.4, -0.2) is 67.4 Å². The zero-order valence-corrected chi connectivity index (χ0v) is 18.1. The zero-order valence-electron chi connectivity index (χ0n) is 16.5. The molecule has 0 amide bonds. The number of ether oxygens (including phenoxy) is 3. The quantitative estimate of drug-likeness (QED) is 0.286. The first kappa shape index (κ1) is 23.1. The molecule has 158 valence electrons. The largest absolute Gasteiger partial charge is 0.464 e. The maximum absolute atomic E-state index is 12.2. The third-order valence-corrected chi connectivity index (χ3v) is 4.85. The number of rotatable bonds is 8. The van der Waals surface area contributed by atoms with Crippen LogP contribution < -0.4 is 5.32 Å². The molecule has 1 N–H and O–H groups in total. The lowest BCUT2D eigenvalue weighted by molar-refractivity contribution is -0.157. The fourth-order valence-electron chi connectivity index (χ4n) is 2.68. The van der Waals surface area contributed by atoms with E-state index in [0.717, 1.165) is 5.56 Å². The second kappa shape index (κ2) is 11.7. The van der Waals surface area contributed by atoms with Gasteiger partial charge < -0.3 is 24.4 Å². The van der Waals surface area contributed by atoms with Crippen LogP contribution in [0.25, 0.3) is 5.57 Å². The van der Waals surface area contributed by atoms with E-state index >= 15 is 0 Å². The summed E-state index contributed by atoms with van der Waals surface area (Å²) in [4.78, 5) is 27.1. The predicted octanol–water partition coefficient (Wildman–Crippen LogP) is 2.42. The van der Waals surface area contributed by atoms with Crippen molar-refractivity contribution in [3.63, 3.8) is 0 Å². The highest BCUT2D eigenvalue weighted by atomic mass is 35.5. The lowest BCUT2D eigenvalue weighted by Crippen LogP contribution is -2.44. The molecule has 1 aromatic carbocycles. The molecule has 1 aromatic rings. The van der Waals surface area contributed by atoms with Crippen LogP contribution in [0.3, 0.4) is 0 Å². The maximum atomic E-state index is 12.2. The number of esters is 2. The summed E-state index contributed by atoms with van der Waals surface area (Å²) in [6.07, 6.45) is 1.56. The Morgan fingerprint density at radius 3 is 2.24 bits per heavy atom. The first-order valence-corrected chi connectivity index (χ1v) is 10.2. The number of carbonyl (C=O) groups excluding carboxylic acids is 2. The van der Waals surface area contributed by atoms with Gasteiger partial charge in [-0.2, -0.15) is 0 Å². The van der Waals surface area contributed by atoms with E-state index in [1.165, 1.54) is 0 Å². The molecule has 0 aromatic heterocycles. The van der Waals surface area contributed by atoms with E-state index < -0.39 is 18.0 Å². The summed E-state index contributed by atoms with van der Waals surface area (Å²) in [5.74, 6) is -1.43. The van der Waals surface area contributed by atoms with Crippen LogP contribution in [0.5, 0.6) is 0 Å². The number of carbonyl (C=O) groups is 2. The topological polar surface area (TPSA) is 77.1 Å². The van der Waals surface area contributed by atoms with Gasteiger partial charge in [0.2, 0.25) is 6.04 Å². The molecule has 29 heavy (non-hydrogen) atoms. The number of benzene rings is 1. The molecule has 0 saturated carbocycles. The molecule has 0 spiro atoms. The first-order chi connectivity index (χ1) is 14.0. The summed E-state index contributed by atoms with van der Waals surface area (Å²) < 4.78 is 15.4. The SMILES string of the molecule is CCOC(=O)C(N/C=C(\C(=S)N1CCOCC1)c1ccc(Cl)cc1)C(=O)OCC. The highest BCUT2D eigenvalue weighted by Gasteiger charge is 2.29. The van der Waals surface area contributed by atoms with Crippen LogP contribution >= 0.6 is 23.8 Å². The van der Waals surface area contributed by atoms with Crippen molar-refractivity contribution in [1.82, 2.24) is 10.2 Å². The summed E-state index contributed by atoms with van der Waals surface area (Å²) in [7, 11) is 0. The van der Waals surface area contributed by atoms with Gasteiger partial charge in [-0.15, -0.1) is 0 Å². The minimum absolute atomic E-state index is 0.149. The normalized spacial score (nSPS) is 14.5. The van der Waals surface area contributed by atoms with Crippen LogP contribution in [0.4, 0.5) is 0 Å². The van der Waals surface area contributed by atoms with Crippen molar-refractivity contribution in [1.29, 1.82) is 0 Å². The minimum atomic E-state index is -1.29. The molecule has 0 atom stereocenters. The average molecular weight is 441 g/mol. The van der Waals surface area contributed by atoms with Crippen LogP contribution in [0.15, 0.2) is 30.5 Å². The van der Waals surface area contributed by atoms with Gasteiger partial charge in [-0.3, -0.25) is 0 Å². The molecule has 1 aliphatic heterocycles. The molecule has 0 bridgehead atoms. The van der Waals surface area contributed by atoms with Gasteiger partial charge in [0.1, 0.15) is 4.99 Å². The Kier molecular flexibility index (Phi) is 9.37. The van der Waals surface area contributed by atoms with Crippen molar-refractivity contribution >= 4 is 46.3 Å². The maximum Gasteiger partial charge on any atom is 0.340 e. The summed E-state index contributed by atoms with van der Waals surface area (Å²) >= 11 is 11.7. The molecule has 9 heteroatoms. The van der Waals surface area contributed by atoms with Crippen LogP contribution in [0.2, 0.25) is 5.02 Å². The van der Waals surface area contributed by atoms with Crippen molar-refractivity contribution < 1.29 is 23.8 Å². The number of halogens is 1. The summed E-state index contributed by atoms with van der Waals surface area (Å²) in [6, 6.07) is 5.87. The van der Waals surface area contributed by atoms with E-state index in [1.807, 2.05) is 17.0 Å². The van der Waals surface area contributed by atoms with Gasteiger partial charge in [0.05, 0.1) is 26.4 Å². The van der Waals surface area contributed by atoms with E-state index in [0.29, 0.717) is 41.9 Å². The van der Waals surface area contributed by atoms with Crippen molar-refractivity contribution in [3.05, 3.63) is 41.1 Å². The third-order valence-electron chi connectivity index (χ3n) is 4.12. The van der Waals surface area contributed by atoms with Crippen molar-refractivity contribution in [3.8, 4) is 0 Å². The Morgan fingerprint density at radius 2 is 1.72 bits per heavy atom. The number of thiocarbonyl (C=S) groups is 1. The fraction of sp³-hybridized carbons (Fsp3) is 0.450. The number of nitrogens with one attached hydrogen (secondary N) is 1. The van der Waals surface area contributed by atoms with Crippen molar-refractivity contribution in [2.24, 2.45) is 0 Å². The third kappa shape index (κ3) is 6.69. The molecule has 1 aliphatic rings. The van der Waals surface area contributed by atoms with Gasteiger partial charge in [-0.05, 0) is 31.5 Å². The average Bonchev–Trinajstić information content (AvgIpc) is 2.72. The molecule has 7 nitrogen and oxygen atoms in total. The van der Waals surface area contributed by atoms with E-state index in [1.54, 1.807) is 32.2 Å². The molecule has 0 aliphatic carbocycles. The Labute approximate surface area is 180 Å². The molecule has 0 unspecified atom stereocenters. The smallest absolute Gasteiger partial charge is 0.340 e. The van der Waals surface area contributed by atoms with Crippen LogP contribution in [0.1, 0.15) is 19.4 Å². The Balaban J connectivity index is 2.32. The van der Waals surface area contributed by atoms with Gasteiger partial charge in [0, 0.05) is 29.9 Å². The van der Waals surface area contributed by atoms with Crippen molar-refractivity contribution in [2.75, 3.05) is 39.5 Å². The van der Waals surface area contributed by atoms with Gasteiger partial charge in [-0.1, -0.05) is 36.0 Å². The molecular weight excluding hydrogens is 416 g/mol. The summed E-state index contributed by atoms with van der Waals surface area (Å²) in [5, 5.41) is 3.42. The lowest BCUT2D eigenvalue weighted by Gasteiger charge is -2.30. The standard InChI is InChI=1S/C20H25ClN2O5S/c1-3-27-19(24)17(20(25)28-4-2)22-13-16(14-5-7-15(21)8-6-14)18(29)23-9-11-26-12-10-23/h5-8,13,17,22H,3-4,9-12H2,1-2H3/b16-13-. The van der Waals surface area contributed by atoms with Gasteiger partial charge >= 0.3 is 11.9 Å². The predicted molar refractivity (Wildman–Crippen MR) is 115 cm³/mol. The second-order valence-electron chi connectivity index (χ2n) is 6.07. The second-order valence-corrected chi connectivity index (χ2v) is 6.90. The summed E-state index contributed by atoms with van der Waals surface area (Å²) in [5.41, 5.74) is 1.45. The van der Waals surface area contributed by atoms with Gasteiger partial charge in [-0.25, -0.2) is 9.59 Å². The number of hydrogen-bond donors (Lipinski definition) is 1. The Morgan fingerprint density at radius 1 is 1.17 bits per heavy atom. The monoisotopic (exact) mass is 440 g/mol. The van der Waals surface area contributed by atoms with Gasteiger partial charge in [0.15, 0.2) is 0 Å². The lowest BCUT2D eigenvalue weighted by atomic mass is 10.1. The van der Waals surface area contributed by atoms with E-state index in [2.05, 4.69) is 5.32 Å². The van der Waals surface area contributed by atoms with Gasteiger partial charge in [0.25, 0.3) is 0 Å². The molecule has 1 heterocycles. The number of nitrogens with zero attached hydrogens (tertiary/aromatic N) is 1. The molecule has 1 saturated heterocycles. The molecule has 0 radical (unpaired) electrons. The van der Waals surface area contributed by atoms with E-state index in [-0.39, 0.29) is 13.2 Å². The zero-order chi connectivity index (χ0) is 21.2. The Bertz CT molecular complexity index is 730. The highest BCUT2D eigenvalue weighted by molar-refractivity contribution is 7.81.